The van der Waals surface area contributed by atoms with Gasteiger partial charge in [0, 0.05) is 0 Å². The van der Waals surface area contributed by atoms with Crippen molar-refractivity contribution in [2.75, 3.05) is 13.2 Å². The van der Waals surface area contributed by atoms with Crippen LogP contribution in [0.25, 0.3) is 0 Å². The van der Waals surface area contributed by atoms with Gasteiger partial charge in [-0.2, -0.15) is 13.2 Å². The summed E-state index contributed by atoms with van der Waals surface area (Å²) in [6.07, 6.45) is -0.827. The SMILES string of the molecule is NC(COCC(F)(F)F)c1ccccc1C1CCC1. The maximum atomic E-state index is 12.0. The molecule has 1 unspecified atom stereocenters. The summed E-state index contributed by atoms with van der Waals surface area (Å²) in [7, 11) is 0. The molecule has 2 N–H and O–H groups in total. The zero-order valence-corrected chi connectivity index (χ0v) is 10.6. The molecule has 1 aliphatic carbocycles. The zero-order valence-electron chi connectivity index (χ0n) is 10.6. The van der Waals surface area contributed by atoms with Gasteiger partial charge in [-0.1, -0.05) is 30.7 Å². The molecular weight excluding hydrogens is 255 g/mol. The standard InChI is InChI=1S/C14H18F3NO/c15-14(16,17)9-19-8-13(18)12-7-2-1-6-11(12)10-4-3-5-10/h1-2,6-7,10,13H,3-5,8-9,18H2. The Bertz CT molecular complexity index is 415. The van der Waals surface area contributed by atoms with Gasteiger partial charge in [-0.25, -0.2) is 0 Å². The molecule has 0 amide bonds. The van der Waals surface area contributed by atoms with Gasteiger partial charge in [0.25, 0.3) is 0 Å². The van der Waals surface area contributed by atoms with Gasteiger partial charge in [0.2, 0.25) is 0 Å². The Morgan fingerprint density at radius 2 is 1.95 bits per heavy atom. The average Bonchev–Trinajstić information content (AvgIpc) is 2.25. The number of nitrogens with two attached hydrogens (primary N) is 1. The van der Waals surface area contributed by atoms with E-state index in [0.29, 0.717) is 5.92 Å². The lowest BCUT2D eigenvalue weighted by Crippen LogP contribution is -2.25. The van der Waals surface area contributed by atoms with Gasteiger partial charge in [0.1, 0.15) is 6.61 Å². The van der Waals surface area contributed by atoms with Gasteiger partial charge < -0.3 is 10.5 Å². The summed E-state index contributed by atoms with van der Waals surface area (Å²) in [6, 6.07) is 7.21. The van der Waals surface area contributed by atoms with Gasteiger partial charge in [-0.3, -0.25) is 0 Å². The first-order valence-electron chi connectivity index (χ1n) is 6.46. The van der Waals surface area contributed by atoms with Gasteiger partial charge >= 0.3 is 6.18 Å². The fourth-order valence-corrected chi connectivity index (χ4v) is 2.33. The molecule has 1 aliphatic rings. The number of alkyl halides is 3. The first kappa shape index (κ1) is 14.3. The van der Waals surface area contributed by atoms with Crippen LogP contribution in [0, 0.1) is 0 Å². The molecule has 0 heterocycles. The van der Waals surface area contributed by atoms with E-state index in [2.05, 4.69) is 4.74 Å². The van der Waals surface area contributed by atoms with Crippen LogP contribution in [0.15, 0.2) is 24.3 Å². The second-order valence-electron chi connectivity index (χ2n) is 4.99. The Morgan fingerprint density at radius 3 is 2.53 bits per heavy atom. The number of benzene rings is 1. The summed E-state index contributed by atoms with van der Waals surface area (Å²) in [6.45, 7) is -1.35. The van der Waals surface area contributed by atoms with Crippen LogP contribution in [0.1, 0.15) is 42.3 Å². The number of halogens is 3. The predicted molar refractivity (Wildman–Crippen MR) is 66.8 cm³/mol. The lowest BCUT2D eigenvalue weighted by Gasteiger charge is -2.29. The molecule has 0 aromatic heterocycles. The van der Waals surface area contributed by atoms with Crippen molar-refractivity contribution in [3.05, 3.63) is 35.4 Å². The van der Waals surface area contributed by atoms with Crippen LogP contribution in [0.2, 0.25) is 0 Å². The van der Waals surface area contributed by atoms with Gasteiger partial charge in [-0.05, 0) is 29.9 Å². The van der Waals surface area contributed by atoms with Crippen molar-refractivity contribution in [1.29, 1.82) is 0 Å². The van der Waals surface area contributed by atoms with Crippen LogP contribution in [-0.4, -0.2) is 19.4 Å². The Balaban J connectivity index is 1.96. The molecule has 2 nitrogen and oxygen atoms in total. The molecule has 0 radical (unpaired) electrons. The highest BCUT2D eigenvalue weighted by Gasteiger charge is 2.28. The summed E-state index contributed by atoms with van der Waals surface area (Å²) in [4.78, 5) is 0. The Hall–Kier alpha value is -1.07. The normalized spacial score (nSPS) is 18.1. The highest BCUT2D eigenvalue weighted by atomic mass is 19.4. The van der Waals surface area contributed by atoms with E-state index in [1.54, 1.807) is 0 Å². The minimum Gasteiger partial charge on any atom is -0.370 e. The molecule has 1 aromatic carbocycles. The first-order chi connectivity index (χ1) is 8.97. The minimum absolute atomic E-state index is 0.108. The van der Waals surface area contributed by atoms with Crippen molar-refractivity contribution < 1.29 is 17.9 Å². The summed E-state index contributed by atoms with van der Waals surface area (Å²) >= 11 is 0. The summed E-state index contributed by atoms with van der Waals surface area (Å²) in [5, 5.41) is 0. The van der Waals surface area contributed by atoms with Crippen LogP contribution in [0.3, 0.4) is 0 Å². The van der Waals surface area contributed by atoms with E-state index >= 15 is 0 Å². The maximum absolute atomic E-state index is 12.0. The Morgan fingerprint density at radius 1 is 1.26 bits per heavy atom. The number of hydrogen-bond acceptors (Lipinski definition) is 2. The largest absolute Gasteiger partial charge is 0.411 e. The lowest BCUT2D eigenvalue weighted by molar-refractivity contribution is -0.174. The second-order valence-corrected chi connectivity index (χ2v) is 4.99. The molecule has 1 saturated carbocycles. The van der Waals surface area contributed by atoms with E-state index in [1.165, 1.54) is 6.42 Å². The quantitative estimate of drug-likeness (QED) is 0.890. The molecule has 0 saturated heterocycles. The van der Waals surface area contributed by atoms with Crippen molar-refractivity contribution in [2.45, 2.75) is 37.4 Å². The zero-order chi connectivity index (χ0) is 13.9. The van der Waals surface area contributed by atoms with E-state index in [0.717, 1.165) is 24.0 Å². The fraction of sp³-hybridized carbons (Fsp3) is 0.571. The van der Waals surface area contributed by atoms with E-state index in [1.807, 2.05) is 24.3 Å². The van der Waals surface area contributed by atoms with Crippen LogP contribution in [0.5, 0.6) is 0 Å². The highest BCUT2D eigenvalue weighted by molar-refractivity contribution is 5.34. The minimum atomic E-state index is -4.30. The van der Waals surface area contributed by atoms with E-state index in [9.17, 15) is 13.2 Å². The third kappa shape index (κ3) is 3.94. The van der Waals surface area contributed by atoms with E-state index in [-0.39, 0.29) is 6.61 Å². The lowest BCUT2D eigenvalue weighted by atomic mass is 9.77. The molecule has 1 fully saturated rings. The number of hydrogen-bond donors (Lipinski definition) is 1. The second kappa shape index (κ2) is 5.92. The average molecular weight is 273 g/mol. The fourth-order valence-electron chi connectivity index (χ4n) is 2.33. The van der Waals surface area contributed by atoms with Crippen LogP contribution >= 0.6 is 0 Å². The van der Waals surface area contributed by atoms with Crippen molar-refractivity contribution in [2.24, 2.45) is 5.73 Å². The summed E-state index contributed by atoms with van der Waals surface area (Å²) in [5.74, 6) is 0.505. The molecule has 5 heteroatoms. The van der Waals surface area contributed by atoms with Crippen LogP contribution < -0.4 is 5.73 Å². The van der Waals surface area contributed by atoms with Crippen LogP contribution in [0.4, 0.5) is 13.2 Å². The van der Waals surface area contributed by atoms with Crippen molar-refractivity contribution in [3.63, 3.8) is 0 Å². The maximum Gasteiger partial charge on any atom is 0.411 e. The molecule has 0 spiro atoms. The van der Waals surface area contributed by atoms with Gasteiger partial charge in [0.15, 0.2) is 0 Å². The molecule has 1 aromatic rings. The molecular formula is C14H18F3NO. The number of ether oxygens (including phenoxy) is 1. The molecule has 0 aliphatic heterocycles. The first-order valence-corrected chi connectivity index (χ1v) is 6.46. The molecule has 106 valence electrons. The third-order valence-electron chi connectivity index (χ3n) is 3.50. The molecule has 0 bridgehead atoms. The Labute approximate surface area is 110 Å². The van der Waals surface area contributed by atoms with Crippen molar-refractivity contribution in [3.8, 4) is 0 Å². The highest BCUT2D eigenvalue weighted by Crippen LogP contribution is 2.39. The summed E-state index contributed by atoms with van der Waals surface area (Å²) < 4.78 is 40.7. The van der Waals surface area contributed by atoms with Gasteiger partial charge in [0.05, 0.1) is 12.6 Å². The predicted octanol–water partition coefficient (Wildman–Crippen LogP) is 3.53. The van der Waals surface area contributed by atoms with E-state index < -0.39 is 18.8 Å². The Kier molecular flexibility index (Phi) is 4.47. The van der Waals surface area contributed by atoms with Crippen molar-refractivity contribution >= 4 is 0 Å². The molecule has 2 rings (SSSR count). The summed E-state index contributed by atoms with van der Waals surface area (Å²) in [5.41, 5.74) is 8.02. The smallest absolute Gasteiger partial charge is 0.370 e. The number of rotatable bonds is 5. The van der Waals surface area contributed by atoms with E-state index in [4.69, 9.17) is 5.73 Å². The van der Waals surface area contributed by atoms with Crippen LogP contribution in [-0.2, 0) is 4.74 Å². The third-order valence-corrected chi connectivity index (χ3v) is 3.50. The molecule has 1 atom stereocenters. The molecule has 19 heavy (non-hydrogen) atoms. The van der Waals surface area contributed by atoms with Gasteiger partial charge in [-0.15, -0.1) is 0 Å². The monoisotopic (exact) mass is 273 g/mol. The topological polar surface area (TPSA) is 35.2 Å². The van der Waals surface area contributed by atoms with Crippen molar-refractivity contribution in [1.82, 2.24) is 0 Å².